The van der Waals surface area contributed by atoms with Gasteiger partial charge in [-0.25, -0.2) is 4.98 Å². The zero-order valence-electron chi connectivity index (χ0n) is 6.30. The molecule has 0 aliphatic carbocycles. The molecular weight excluding hydrogens is 166 g/mol. The van der Waals surface area contributed by atoms with Crippen LogP contribution in [0.3, 0.4) is 0 Å². The highest BCUT2D eigenvalue weighted by molar-refractivity contribution is 6.31. The molecule has 0 fully saturated rings. The largest absolute Gasteiger partial charge is 0.317 e. The number of aromatic nitrogens is 1. The third-order valence-corrected chi connectivity index (χ3v) is 1.59. The Hall–Kier alpha value is -0.800. The molecule has 0 spiro atoms. The smallest absolute Gasteiger partial charge is 0.256 e. The molecule has 60 valence electrons. The predicted octanol–water partition coefficient (Wildman–Crippen LogP) is 1.98. The van der Waals surface area contributed by atoms with Crippen LogP contribution in [0.4, 0.5) is 0 Å². The second-order valence-electron chi connectivity index (χ2n) is 2.02. The summed E-state index contributed by atoms with van der Waals surface area (Å²) in [5.41, 5.74) is 0.911. The summed E-state index contributed by atoms with van der Waals surface area (Å²) in [6.45, 7) is 1.87. The van der Waals surface area contributed by atoms with Gasteiger partial charge in [-0.3, -0.25) is 0 Å². The van der Waals surface area contributed by atoms with Crippen LogP contribution in [0.5, 0.6) is 5.88 Å². The van der Waals surface area contributed by atoms with Crippen molar-refractivity contribution in [2.24, 2.45) is 0 Å². The van der Waals surface area contributed by atoms with Crippen LogP contribution < -0.4 is 4.89 Å². The molecule has 0 unspecified atom stereocenters. The summed E-state index contributed by atoms with van der Waals surface area (Å²) in [5, 5.41) is 0.619. The number of rotatable bonds is 2. The van der Waals surface area contributed by atoms with E-state index in [2.05, 4.69) is 14.8 Å². The van der Waals surface area contributed by atoms with Gasteiger partial charge in [0.15, 0.2) is 0 Å². The zero-order chi connectivity index (χ0) is 8.27. The molecule has 1 aromatic heterocycles. The molecule has 11 heavy (non-hydrogen) atoms. The first-order chi connectivity index (χ1) is 5.24. The Kier molecular flexibility index (Phi) is 2.68. The number of pyridine rings is 1. The van der Waals surface area contributed by atoms with Crippen LogP contribution in [0.1, 0.15) is 5.56 Å². The molecule has 0 radical (unpaired) electrons. The minimum atomic E-state index is 0.411. The Labute approximate surface area is 69.8 Å². The van der Waals surface area contributed by atoms with E-state index in [1.165, 1.54) is 13.3 Å². The first kappa shape index (κ1) is 8.30. The molecule has 3 nitrogen and oxygen atoms in total. The third-order valence-electron chi connectivity index (χ3n) is 1.19. The number of hydrogen-bond acceptors (Lipinski definition) is 3. The van der Waals surface area contributed by atoms with Crippen LogP contribution in [0.25, 0.3) is 0 Å². The fourth-order valence-corrected chi connectivity index (χ4v) is 0.748. The van der Waals surface area contributed by atoms with Crippen molar-refractivity contribution in [2.45, 2.75) is 6.92 Å². The Morgan fingerprint density at radius 3 is 2.82 bits per heavy atom. The molecule has 0 aliphatic heterocycles. The standard InChI is InChI=1S/C7H8ClNO2/c1-5-3-7(11-10-2)9-4-6(5)8/h3-4H,1-2H3. The van der Waals surface area contributed by atoms with Gasteiger partial charge in [-0.2, -0.15) is 4.89 Å². The summed E-state index contributed by atoms with van der Waals surface area (Å²) in [4.78, 5) is 12.9. The minimum Gasteiger partial charge on any atom is -0.317 e. The fraction of sp³-hybridized carbons (Fsp3) is 0.286. The number of nitrogens with zero attached hydrogens (tertiary/aromatic N) is 1. The van der Waals surface area contributed by atoms with Gasteiger partial charge in [0.2, 0.25) is 0 Å². The van der Waals surface area contributed by atoms with Gasteiger partial charge in [0.05, 0.1) is 12.1 Å². The van der Waals surface area contributed by atoms with E-state index in [9.17, 15) is 0 Å². The van der Waals surface area contributed by atoms with Gasteiger partial charge in [0.1, 0.15) is 0 Å². The van der Waals surface area contributed by atoms with Crippen molar-refractivity contribution in [1.82, 2.24) is 4.98 Å². The molecule has 0 bridgehead atoms. The lowest BCUT2D eigenvalue weighted by Gasteiger charge is -2.00. The van der Waals surface area contributed by atoms with Gasteiger partial charge < -0.3 is 4.89 Å². The number of halogens is 1. The quantitative estimate of drug-likeness (QED) is 0.506. The molecule has 0 N–H and O–H groups in total. The highest BCUT2D eigenvalue weighted by Gasteiger charge is 1.99. The van der Waals surface area contributed by atoms with Gasteiger partial charge in [0, 0.05) is 12.3 Å². The summed E-state index contributed by atoms with van der Waals surface area (Å²) < 4.78 is 0. The van der Waals surface area contributed by atoms with Gasteiger partial charge in [-0.15, -0.1) is 0 Å². The molecule has 1 rings (SSSR count). The van der Waals surface area contributed by atoms with Gasteiger partial charge in [-0.1, -0.05) is 11.6 Å². The maximum atomic E-state index is 5.72. The third kappa shape index (κ3) is 2.06. The Morgan fingerprint density at radius 1 is 1.55 bits per heavy atom. The minimum absolute atomic E-state index is 0.411. The summed E-state index contributed by atoms with van der Waals surface area (Å²) in [5.74, 6) is 0.411. The average molecular weight is 174 g/mol. The van der Waals surface area contributed by atoms with Gasteiger partial charge >= 0.3 is 0 Å². The molecule has 1 aromatic rings. The molecule has 0 aliphatic rings. The Morgan fingerprint density at radius 2 is 2.27 bits per heavy atom. The van der Waals surface area contributed by atoms with E-state index in [-0.39, 0.29) is 0 Å². The number of hydrogen-bond donors (Lipinski definition) is 0. The van der Waals surface area contributed by atoms with E-state index in [0.29, 0.717) is 10.9 Å². The first-order valence-electron chi connectivity index (χ1n) is 3.07. The maximum Gasteiger partial charge on any atom is 0.256 e. The lowest BCUT2D eigenvalue weighted by Crippen LogP contribution is -1.93. The molecule has 0 atom stereocenters. The molecule has 0 saturated carbocycles. The zero-order valence-corrected chi connectivity index (χ0v) is 7.05. The van der Waals surface area contributed by atoms with E-state index < -0.39 is 0 Å². The highest BCUT2D eigenvalue weighted by Crippen LogP contribution is 2.17. The molecule has 1 heterocycles. The van der Waals surface area contributed by atoms with E-state index >= 15 is 0 Å². The second-order valence-corrected chi connectivity index (χ2v) is 2.43. The number of aryl methyl sites for hydroxylation is 1. The summed E-state index contributed by atoms with van der Waals surface area (Å²) in [6, 6.07) is 1.70. The average Bonchev–Trinajstić information content (AvgIpc) is 1.98. The first-order valence-corrected chi connectivity index (χ1v) is 3.44. The molecule has 0 amide bonds. The lowest BCUT2D eigenvalue weighted by molar-refractivity contribution is -0.181. The maximum absolute atomic E-state index is 5.72. The van der Waals surface area contributed by atoms with Crippen molar-refractivity contribution in [3.05, 3.63) is 22.8 Å². The van der Waals surface area contributed by atoms with Crippen molar-refractivity contribution in [1.29, 1.82) is 0 Å². The normalized spacial score (nSPS) is 9.73. The predicted molar refractivity (Wildman–Crippen MR) is 41.6 cm³/mol. The van der Waals surface area contributed by atoms with E-state index in [1.54, 1.807) is 6.07 Å². The molecule has 0 aromatic carbocycles. The van der Waals surface area contributed by atoms with Crippen LogP contribution in [0.2, 0.25) is 5.02 Å². The van der Waals surface area contributed by atoms with Crippen LogP contribution >= 0.6 is 11.6 Å². The van der Waals surface area contributed by atoms with Crippen LogP contribution in [-0.2, 0) is 4.89 Å². The summed E-state index contributed by atoms with van der Waals surface area (Å²) in [6.07, 6.45) is 1.52. The molecule has 0 saturated heterocycles. The van der Waals surface area contributed by atoms with Crippen molar-refractivity contribution in [2.75, 3.05) is 7.11 Å². The SMILES string of the molecule is COOc1cc(C)c(Cl)cn1. The van der Waals surface area contributed by atoms with Crippen LogP contribution in [0.15, 0.2) is 12.3 Å². The Balaban J connectivity index is 2.86. The Bertz CT molecular complexity index is 252. The monoisotopic (exact) mass is 173 g/mol. The molecule has 4 heteroatoms. The fourth-order valence-electron chi connectivity index (χ4n) is 0.644. The van der Waals surface area contributed by atoms with Gasteiger partial charge in [0.25, 0.3) is 5.88 Å². The topological polar surface area (TPSA) is 31.4 Å². The highest BCUT2D eigenvalue weighted by atomic mass is 35.5. The van der Waals surface area contributed by atoms with E-state index in [4.69, 9.17) is 11.6 Å². The van der Waals surface area contributed by atoms with Crippen molar-refractivity contribution in [3.8, 4) is 5.88 Å². The summed E-state index contributed by atoms with van der Waals surface area (Å²) in [7, 11) is 1.42. The van der Waals surface area contributed by atoms with Crippen molar-refractivity contribution >= 4 is 11.6 Å². The van der Waals surface area contributed by atoms with Gasteiger partial charge in [-0.05, 0) is 12.5 Å². The van der Waals surface area contributed by atoms with E-state index in [1.807, 2.05) is 6.92 Å². The second kappa shape index (κ2) is 3.55. The van der Waals surface area contributed by atoms with Crippen molar-refractivity contribution < 1.29 is 9.78 Å². The molecular formula is C7H8ClNO2. The van der Waals surface area contributed by atoms with Crippen LogP contribution in [0, 0.1) is 6.92 Å². The van der Waals surface area contributed by atoms with E-state index in [0.717, 1.165) is 5.56 Å². The summed E-state index contributed by atoms with van der Waals surface area (Å²) >= 11 is 5.72. The van der Waals surface area contributed by atoms with Crippen molar-refractivity contribution in [3.63, 3.8) is 0 Å². The van der Waals surface area contributed by atoms with Crippen LogP contribution in [-0.4, -0.2) is 12.1 Å². The lowest BCUT2D eigenvalue weighted by atomic mass is 10.3.